The molecule has 0 bridgehead atoms. The number of hydrogen-bond donors (Lipinski definition) is 1. The highest BCUT2D eigenvalue weighted by Gasteiger charge is 2.08. The highest BCUT2D eigenvalue weighted by molar-refractivity contribution is 9.10. The minimum Gasteiger partial charge on any atom is -0.339 e. The molecule has 0 amide bonds. The summed E-state index contributed by atoms with van der Waals surface area (Å²) in [6, 6.07) is 8.96. The highest BCUT2D eigenvalue weighted by atomic mass is 79.9. The SMILES string of the molecule is N#Cc1ccc(Nc2cc(Cl)nc3ncnn23)c(Br)c1. The van der Waals surface area contributed by atoms with E-state index in [4.69, 9.17) is 16.9 Å². The first-order valence-corrected chi connectivity index (χ1v) is 6.67. The van der Waals surface area contributed by atoms with Crippen molar-refractivity contribution in [2.75, 3.05) is 5.32 Å². The molecule has 2 heterocycles. The fourth-order valence-corrected chi connectivity index (χ4v) is 2.35. The van der Waals surface area contributed by atoms with Crippen LogP contribution < -0.4 is 5.32 Å². The van der Waals surface area contributed by atoms with Crippen LogP contribution in [0.5, 0.6) is 0 Å². The zero-order chi connectivity index (χ0) is 14.1. The quantitative estimate of drug-likeness (QED) is 0.719. The molecule has 0 spiro atoms. The number of anilines is 2. The fourth-order valence-electron chi connectivity index (χ4n) is 1.70. The van der Waals surface area contributed by atoms with E-state index in [2.05, 4.69) is 42.4 Å². The van der Waals surface area contributed by atoms with Gasteiger partial charge in [0.1, 0.15) is 17.3 Å². The normalized spacial score (nSPS) is 10.4. The molecule has 0 saturated carbocycles. The number of nitrogens with zero attached hydrogens (tertiary/aromatic N) is 5. The zero-order valence-corrected chi connectivity index (χ0v) is 12.2. The van der Waals surface area contributed by atoms with E-state index in [1.54, 1.807) is 24.3 Å². The van der Waals surface area contributed by atoms with Gasteiger partial charge in [-0.25, -0.2) is 0 Å². The van der Waals surface area contributed by atoms with E-state index in [-0.39, 0.29) is 0 Å². The summed E-state index contributed by atoms with van der Waals surface area (Å²) in [5.41, 5.74) is 1.35. The van der Waals surface area contributed by atoms with Crippen molar-refractivity contribution in [1.82, 2.24) is 19.6 Å². The molecule has 3 aromatic rings. The lowest BCUT2D eigenvalue weighted by atomic mass is 10.2. The van der Waals surface area contributed by atoms with Crippen molar-refractivity contribution in [2.45, 2.75) is 0 Å². The van der Waals surface area contributed by atoms with Crippen LogP contribution >= 0.6 is 27.5 Å². The van der Waals surface area contributed by atoms with Gasteiger partial charge in [-0.2, -0.15) is 24.8 Å². The first-order valence-electron chi connectivity index (χ1n) is 5.50. The van der Waals surface area contributed by atoms with Gasteiger partial charge in [-0.3, -0.25) is 0 Å². The minimum atomic E-state index is 0.317. The number of halogens is 2. The van der Waals surface area contributed by atoms with Crippen molar-refractivity contribution >= 4 is 44.8 Å². The lowest BCUT2D eigenvalue weighted by molar-refractivity contribution is 0.947. The van der Waals surface area contributed by atoms with E-state index in [1.165, 1.54) is 10.8 Å². The third kappa shape index (κ3) is 2.31. The molecule has 1 aromatic carbocycles. The van der Waals surface area contributed by atoms with Crippen LogP contribution in [0.4, 0.5) is 11.5 Å². The Morgan fingerprint density at radius 3 is 2.95 bits per heavy atom. The van der Waals surface area contributed by atoms with Crippen LogP contribution in [0, 0.1) is 11.3 Å². The van der Waals surface area contributed by atoms with Crippen LogP contribution in [0.25, 0.3) is 5.78 Å². The summed E-state index contributed by atoms with van der Waals surface area (Å²) >= 11 is 9.36. The van der Waals surface area contributed by atoms with Gasteiger partial charge in [0.15, 0.2) is 0 Å². The summed E-state index contributed by atoms with van der Waals surface area (Å²) in [6.07, 6.45) is 1.40. The van der Waals surface area contributed by atoms with E-state index in [0.29, 0.717) is 22.3 Å². The van der Waals surface area contributed by atoms with Crippen molar-refractivity contribution < 1.29 is 0 Å². The van der Waals surface area contributed by atoms with Gasteiger partial charge in [0.05, 0.1) is 17.3 Å². The van der Waals surface area contributed by atoms with Gasteiger partial charge in [0.25, 0.3) is 5.78 Å². The van der Waals surface area contributed by atoms with Gasteiger partial charge in [-0.05, 0) is 34.1 Å². The molecule has 0 saturated heterocycles. The van der Waals surface area contributed by atoms with E-state index in [9.17, 15) is 0 Å². The molecule has 0 atom stereocenters. The molecule has 2 aromatic heterocycles. The minimum absolute atomic E-state index is 0.317. The van der Waals surface area contributed by atoms with Gasteiger partial charge >= 0.3 is 0 Å². The summed E-state index contributed by atoms with van der Waals surface area (Å²) in [4.78, 5) is 8.04. The maximum absolute atomic E-state index is 8.85. The second kappa shape index (κ2) is 5.07. The molecule has 0 fully saturated rings. The monoisotopic (exact) mass is 348 g/mol. The summed E-state index contributed by atoms with van der Waals surface area (Å²) in [5.74, 6) is 1.03. The largest absolute Gasteiger partial charge is 0.339 e. The molecule has 6 nitrogen and oxygen atoms in total. The summed E-state index contributed by atoms with van der Waals surface area (Å²) in [6.45, 7) is 0. The van der Waals surface area contributed by atoms with Crippen molar-refractivity contribution in [1.29, 1.82) is 5.26 Å². The van der Waals surface area contributed by atoms with Crippen LogP contribution in [-0.2, 0) is 0 Å². The van der Waals surface area contributed by atoms with E-state index in [1.807, 2.05) is 0 Å². The van der Waals surface area contributed by atoms with Gasteiger partial charge in [0.2, 0.25) is 0 Å². The Kier molecular flexibility index (Phi) is 3.26. The first-order chi connectivity index (χ1) is 9.67. The molecule has 8 heteroatoms. The number of nitriles is 1. The molecule has 98 valence electrons. The van der Waals surface area contributed by atoms with Gasteiger partial charge < -0.3 is 5.32 Å². The average molecular weight is 350 g/mol. The fraction of sp³-hybridized carbons (Fsp3) is 0. The highest BCUT2D eigenvalue weighted by Crippen LogP contribution is 2.27. The molecule has 0 aliphatic rings. The smallest absolute Gasteiger partial charge is 0.255 e. The average Bonchev–Trinajstić information content (AvgIpc) is 2.89. The molecule has 0 aliphatic carbocycles. The molecule has 1 N–H and O–H groups in total. The Morgan fingerprint density at radius 2 is 2.20 bits per heavy atom. The number of rotatable bonds is 2. The standard InChI is InChI=1S/C12H6BrClN6/c13-8-3-7(5-15)1-2-9(8)18-11-4-10(14)19-12-16-6-17-20(11)12/h1-4,6,18H. The Balaban J connectivity index is 2.05. The van der Waals surface area contributed by atoms with Crippen LogP contribution in [0.2, 0.25) is 5.15 Å². The Labute approximate surface area is 127 Å². The van der Waals surface area contributed by atoms with Crippen LogP contribution in [0.1, 0.15) is 5.56 Å². The molecule has 20 heavy (non-hydrogen) atoms. The topological polar surface area (TPSA) is 78.9 Å². The van der Waals surface area contributed by atoms with Crippen LogP contribution in [0.3, 0.4) is 0 Å². The second-order valence-corrected chi connectivity index (χ2v) is 5.11. The predicted octanol–water partition coefficient (Wildman–Crippen LogP) is 3.16. The number of fused-ring (bicyclic) bond motifs is 1. The summed E-state index contributed by atoms with van der Waals surface area (Å²) < 4.78 is 2.30. The zero-order valence-electron chi connectivity index (χ0n) is 9.88. The predicted molar refractivity (Wildman–Crippen MR) is 77.9 cm³/mol. The Bertz CT molecular complexity index is 838. The third-order valence-electron chi connectivity index (χ3n) is 2.58. The van der Waals surface area contributed by atoms with Gasteiger partial charge in [-0.1, -0.05) is 11.6 Å². The first kappa shape index (κ1) is 12.8. The molecular weight excluding hydrogens is 344 g/mol. The van der Waals surface area contributed by atoms with Gasteiger partial charge in [-0.15, -0.1) is 0 Å². The third-order valence-corrected chi connectivity index (χ3v) is 3.43. The molecular formula is C12H6BrClN6. The summed E-state index contributed by atoms with van der Waals surface area (Å²) in [5, 5.41) is 16.4. The van der Waals surface area contributed by atoms with Crippen LogP contribution in [0.15, 0.2) is 35.1 Å². The molecule has 0 aliphatic heterocycles. The van der Waals surface area contributed by atoms with Crippen molar-refractivity contribution in [3.63, 3.8) is 0 Å². The van der Waals surface area contributed by atoms with Crippen molar-refractivity contribution in [3.8, 4) is 6.07 Å². The molecule has 0 radical (unpaired) electrons. The van der Waals surface area contributed by atoms with Gasteiger partial charge in [0, 0.05) is 10.5 Å². The maximum Gasteiger partial charge on any atom is 0.255 e. The summed E-state index contributed by atoms with van der Waals surface area (Å²) in [7, 11) is 0. The number of benzene rings is 1. The number of aromatic nitrogens is 4. The van der Waals surface area contributed by atoms with E-state index >= 15 is 0 Å². The van der Waals surface area contributed by atoms with Crippen molar-refractivity contribution in [2.24, 2.45) is 0 Å². The maximum atomic E-state index is 8.85. The van der Waals surface area contributed by atoms with E-state index in [0.717, 1.165) is 10.2 Å². The Morgan fingerprint density at radius 1 is 1.35 bits per heavy atom. The lowest BCUT2D eigenvalue weighted by Crippen LogP contribution is -2.02. The van der Waals surface area contributed by atoms with Crippen molar-refractivity contribution in [3.05, 3.63) is 45.8 Å². The lowest BCUT2D eigenvalue weighted by Gasteiger charge is -2.10. The Hall–Kier alpha value is -2.17. The number of nitrogens with one attached hydrogen (secondary N) is 1. The second-order valence-electron chi connectivity index (χ2n) is 3.87. The van der Waals surface area contributed by atoms with E-state index < -0.39 is 0 Å². The number of hydrogen-bond acceptors (Lipinski definition) is 5. The van der Waals surface area contributed by atoms with Crippen LogP contribution in [-0.4, -0.2) is 19.6 Å². The molecule has 3 rings (SSSR count). The molecule has 0 unspecified atom stereocenters.